The van der Waals surface area contributed by atoms with E-state index >= 15 is 0 Å². The SMILES string of the molecule is Cc1cc(Br)cc(C(=O)Cc2ccncc2)c1. The summed E-state index contributed by atoms with van der Waals surface area (Å²) in [6.07, 6.45) is 3.82. The number of Topliss-reactive ketones (excluding diaryl/α,β-unsaturated/α-hetero) is 1. The number of hydrogen-bond acceptors (Lipinski definition) is 2. The standard InChI is InChI=1S/C14H12BrNO/c1-10-6-12(9-13(15)7-10)14(17)8-11-2-4-16-5-3-11/h2-7,9H,8H2,1H3. The molecule has 0 aliphatic carbocycles. The number of carbonyl (C=O) groups is 1. The summed E-state index contributed by atoms with van der Waals surface area (Å²) in [6, 6.07) is 9.49. The van der Waals surface area contributed by atoms with Crippen molar-refractivity contribution in [2.24, 2.45) is 0 Å². The van der Waals surface area contributed by atoms with Crippen molar-refractivity contribution in [1.29, 1.82) is 0 Å². The van der Waals surface area contributed by atoms with Crippen LogP contribution in [0.5, 0.6) is 0 Å². The third-order valence-corrected chi connectivity index (χ3v) is 2.94. The van der Waals surface area contributed by atoms with Crippen molar-refractivity contribution in [3.63, 3.8) is 0 Å². The van der Waals surface area contributed by atoms with Crippen LogP contribution in [0.4, 0.5) is 0 Å². The third-order valence-electron chi connectivity index (χ3n) is 2.48. The third kappa shape index (κ3) is 3.24. The van der Waals surface area contributed by atoms with Gasteiger partial charge in [-0.25, -0.2) is 0 Å². The molecule has 0 aliphatic heterocycles. The van der Waals surface area contributed by atoms with Crippen molar-refractivity contribution in [2.75, 3.05) is 0 Å². The predicted molar refractivity (Wildman–Crippen MR) is 71.2 cm³/mol. The molecule has 0 saturated heterocycles. The molecule has 2 aromatic rings. The van der Waals surface area contributed by atoms with E-state index in [1.807, 2.05) is 37.3 Å². The van der Waals surface area contributed by atoms with Gasteiger partial charge in [0.1, 0.15) is 0 Å². The maximum Gasteiger partial charge on any atom is 0.167 e. The van der Waals surface area contributed by atoms with E-state index in [1.165, 1.54) is 0 Å². The average molecular weight is 290 g/mol. The van der Waals surface area contributed by atoms with Gasteiger partial charge in [0, 0.05) is 28.9 Å². The van der Waals surface area contributed by atoms with Crippen LogP contribution in [0.1, 0.15) is 21.5 Å². The van der Waals surface area contributed by atoms with E-state index in [9.17, 15) is 4.79 Å². The summed E-state index contributed by atoms with van der Waals surface area (Å²) in [7, 11) is 0. The second kappa shape index (κ2) is 5.23. The van der Waals surface area contributed by atoms with Gasteiger partial charge in [0.05, 0.1) is 0 Å². The Bertz CT molecular complexity index is 517. The van der Waals surface area contributed by atoms with E-state index in [0.29, 0.717) is 6.42 Å². The number of pyridine rings is 1. The molecule has 0 fully saturated rings. The van der Waals surface area contributed by atoms with Crippen LogP contribution in [-0.2, 0) is 6.42 Å². The molecule has 0 radical (unpaired) electrons. The highest BCUT2D eigenvalue weighted by Gasteiger charge is 2.08. The van der Waals surface area contributed by atoms with E-state index in [1.54, 1.807) is 12.4 Å². The summed E-state index contributed by atoms with van der Waals surface area (Å²) in [5.74, 6) is 0.126. The monoisotopic (exact) mass is 289 g/mol. The van der Waals surface area contributed by atoms with Gasteiger partial charge in [-0.1, -0.05) is 15.9 Å². The number of ketones is 1. The van der Waals surface area contributed by atoms with E-state index < -0.39 is 0 Å². The molecule has 0 spiro atoms. The molecule has 2 nitrogen and oxygen atoms in total. The zero-order valence-corrected chi connectivity index (χ0v) is 11.1. The smallest absolute Gasteiger partial charge is 0.167 e. The van der Waals surface area contributed by atoms with Crippen LogP contribution < -0.4 is 0 Å². The molecule has 0 saturated carbocycles. The van der Waals surface area contributed by atoms with Gasteiger partial charge in [-0.2, -0.15) is 0 Å². The van der Waals surface area contributed by atoms with Gasteiger partial charge in [-0.15, -0.1) is 0 Å². The highest BCUT2D eigenvalue weighted by atomic mass is 79.9. The van der Waals surface area contributed by atoms with Gasteiger partial charge in [0.25, 0.3) is 0 Å². The topological polar surface area (TPSA) is 30.0 Å². The Balaban J connectivity index is 2.20. The highest BCUT2D eigenvalue weighted by Crippen LogP contribution is 2.17. The maximum atomic E-state index is 12.1. The summed E-state index contributed by atoms with van der Waals surface area (Å²) in [6.45, 7) is 1.98. The zero-order chi connectivity index (χ0) is 12.3. The molecule has 0 bridgehead atoms. The molecule has 86 valence electrons. The fourth-order valence-electron chi connectivity index (χ4n) is 1.69. The van der Waals surface area contributed by atoms with E-state index in [4.69, 9.17) is 0 Å². The normalized spacial score (nSPS) is 10.2. The van der Waals surface area contributed by atoms with Crippen molar-refractivity contribution >= 4 is 21.7 Å². The largest absolute Gasteiger partial charge is 0.294 e. The summed E-state index contributed by atoms with van der Waals surface area (Å²) in [4.78, 5) is 16.0. The first kappa shape index (κ1) is 12.0. The van der Waals surface area contributed by atoms with Crippen LogP contribution >= 0.6 is 15.9 Å². The quantitative estimate of drug-likeness (QED) is 0.809. The number of hydrogen-bond donors (Lipinski definition) is 0. The number of rotatable bonds is 3. The Morgan fingerprint density at radius 3 is 2.59 bits per heavy atom. The lowest BCUT2D eigenvalue weighted by Crippen LogP contribution is -2.04. The second-order valence-electron chi connectivity index (χ2n) is 3.97. The van der Waals surface area contributed by atoms with Gasteiger partial charge in [-0.3, -0.25) is 9.78 Å². The number of aromatic nitrogens is 1. The van der Waals surface area contributed by atoms with Crippen molar-refractivity contribution in [3.8, 4) is 0 Å². The van der Waals surface area contributed by atoms with Crippen molar-refractivity contribution in [1.82, 2.24) is 4.98 Å². The molecule has 1 aromatic carbocycles. The first-order valence-corrected chi connectivity index (χ1v) is 6.14. The van der Waals surface area contributed by atoms with Gasteiger partial charge in [0.15, 0.2) is 5.78 Å². The van der Waals surface area contributed by atoms with Crippen molar-refractivity contribution in [2.45, 2.75) is 13.3 Å². The molecule has 3 heteroatoms. The number of halogens is 1. The van der Waals surface area contributed by atoms with Crippen molar-refractivity contribution in [3.05, 3.63) is 63.9 Å². The minimum atomic E-state index is 0.126. The Morgan fingerprint density at radius 1 is 1.24 bits per heavy atom. The minimum absolute atomic E-state index is 0.126. The molecule has 0 aliphatic rings. The lowest BCUT2D eigenvalue weighted by Gasteiger charge is -2.03. The Labute approximate surface area is 109 Å². The molecule has 1 aromatic heterocycles. The molecule has 0 unspecified atom stereocenters. The fourth-order valence-corrected chi connectivity index (χ4v) is 2.29. The van der Waals surface area contributed by atoms with Gasteiger partial charge in [0.2, 0.25) is 0 Å². The predicted octanol–water partition coefficient (Wildman–Crippen LogP) is 3.58. The molecule has 0 atom stereocenters. The Kier molecular flexibility index (Phi) is 3.69. The molecule has 0 N–H and O–H groups in total. The van der Waals surface area contributed by atoms with Crippen molar-refractivity contribution < 1.29 is 4.79 Å². The maximum absolute atomic E-state index is 12.1. The first-order valence-electron chi connectivity index (χ1n) is 5.34. The van der Waals surface area contributed by atoms with E-state index in [0.717, 1.165) is 21.2 Å². The van der Waals surface area contributed by atoms with Crippen LogP contribution in [-0.4, -0.2) is 10.8 Å². The van der Waals surface area contributed by atoms with Gasteiger partial charge < -0.3 is 0 Å². The minimum Gasteiger partial charge on any atom is -0.294 e. The molecule has 2 rings (SSSR count). The van der Waals surface area contributed by atoms with Crippen LogP contribution in [0.15, 0.2) is 47.2 Å². The summed E-state index contributed by atoms with van der Waals surface area (Å²) in [5.41, 5.74) is 2.81. The number of benzene rings is 1. The molecule has 0 amide bonds. The Morgan fingerprint density at radius 2 is 1.94 bits per heavy atom. The molecular weight excluding hydrogens is 278 g/mol. The zero-order valence-electron chi connectivity index (χ0n) is 9.48. The first-order chi connectivity index (χ1) is 8.15. The van der Waals surface area contributed by atoms with Crippen LogP contribution in [0.25, 0.3) is 0 Å². The fraction of sp³-hybridized carbons (Fsp3) is 0.143. The molecule has 17 heavy (non-hydrogen) atoms. The highest BCUT2D eigenvalue weighted by molar-refractivity contribution is 9.10. The Hall–Kier alpha value is -1.48. The van der Waals surface area contributed by atoms with Crippen LogP contribution in [0.2, 0.25) is 0 Å². The number of aryl methyl sites for hydroxylation is 1. The molecular formula is C14H12BrNO. The summed E-state index contributed by atoms with van der Waals surface area (Å²) >= 11 is 3.40. The van der Waals surface area contributed by atoms with Gasteiger partial charge in [-0.05, 0) is 48.4 Å². The van der Waals surface area contributed by atoms with Gasteiger partial charge >= 0.3 is 0 Å². The lowest BCUT2D eigenvalue weighted by atomic mass is 10.0. The van der Waals surface area contributed by atoms with Crippen LogP contribution in [0, 0.1) is 6.92 Å². The second-order valence-corrected chi connectivity index (χ2v) is 4.89. The van der Waals surface area contributed by atoms with E-state index in [2.05, 4.69) is 20.9 Å². The summed E-state index contributed by atoms with van der Waals surface area (Å²) < 4.78 is 0.940. The number of nitrogens with zero attached hydrogens (tertiary/aromatic N) is 1. The average Bonchev–Trinajstić information content (AvgIpc) is 2.29. The number of carbonyl (C=O) groups excluding carboxylic acids is 1. The lowest BCUT2D eigenvalue weighted by molar-refractivity contribution is 0.0993. The van der Waals surface area contributed by atoms with Crippen LogP contribution in [0.3, 0.4) is 0 Å². The van der Waals surface area contributed by atoms with E-state index in [-0.39, 0.29) is 5.78 Å². The summed E-state index contributed by atoms with van der Waals surface area (Å²) in [5, 5.41) is 0. The molecule has 1 heterocycles.